The lowest BCUT2D eigenvalue weighted by molar-refractivity contribution is 0.243. The fourth-order valence-corrected chi connectivity index (χ4v) is 4.29. The summed E-state index contributed by atoms with van der Waals surface area (Å²) in [6, 6.07) is 10.2. The molecule has 0 N–H and O–H groups in total. The lowest BCUT2D eigenvalue weighted by Gasteiger charge is -2.27. The fourth-order valence-electron chi connectivity index (χ4n) is 4.29. The summed E-state index contributed by atoms with van der Waals surface area (Å²) < 4.78 is 54.3. The number of hydrogen-bond donors (Lipinski definition) is 0. The van der Waals surface area contributed by atoms with E-state index in [4.69, 9.17) is 9.47 Å². The maximum absolute atomic E-state index is 15.0. The highest BCUT2D eigenvalue weighted by Gasteiger charge is 2.25. The van der Waals surface area contributed by atoms with Gasteiger partial charge < -0.3 is 9.47 Å². The molecule has 0 atom stereocenters. The van der Waals surface area contributed by atoms with Crippen molar-refractivity contribution >= 4 is 0 Å². The van der Waals surface area contributed by atoms with Gasteiger partial charge in [-0.25, -0.2) is 13.2 Å². The Hall–Kier alpha value is -3.21. The number of methoxy groups -OCH3 is 1. The van der Waals surface area contributed by atoms with Crippen LogP contribution < -0.4 is 4.74 Å². The molecule has 1 saturated carbocycles. The normalized spacial score (nSPS) is 18.7. The zero-order chi connectivity index (χ0) is 24.7. The van der Waals surface area contributed by atoms with Gasteiger partial charge in [-0.1, -0.05) is 49.6 Å². The molecule has 1 aliphatic carbocycles. The molecule has 2 aromatic rings. The summed E-state index contributed by atoms with van der Waals surface area (Å²) in [5.41, 5.74) is 1.51. The molecule has 0 spiro atoms. The van der Waals surface area contributed by atoms with Crippen LogP contribution in [0.4, 0.5) is 13.2 Å². The van der Waals surface area contributed by atoms with Crippen LogP contribution in [0.5, 0.6) is 5.75 Å². The highest BCUT2D eigenvalue weighted by atomic mass is 19.2. The topological polar surface area (TPSA) is 18.5 Å². The molecular formula is C29H31F3O2. The van der Waals surface area contributed by atoms with Crippen LogP contribution in [0.1, 0.15) is 44.1 Å². The molecule has 1 aliphatic rings. The Morgan fingerprint density at radius 2 is 1.68 bits per heavy atom. The van der Waals surface area contributed by atoms with Crippen molar-refractivity contribution in [1.29, 1.82) is 0 Å². The van der Waals surface area contributed by atoms with E-state index in [2.05, 4.69) is 13.2 Å². The van der Waals surface area contributed by atoms with E-state index in [1.54, 1.807) is 56.5 Å². The van der Waals surface area contributed by atoms with Gasteiger partial charge in [0.2, 0.25) is 0 Å². The largest absolute Gasteiger partial charge is 0.497 e. The van der Waals surface area contributed by atoms with Gasteiger partial charge in [0.1, 0.15) is 17.3 Å². The minimum Gasteiger partial charge on any atom is -0.497 e. The zero-order valence-corrected chi connectivity index (χ0v) is 19.8. The summed E-state index contributed by atoms with van der Waals surface area (Å²) in [6.45, 7) is 9.61. The Labute approximate surface area is 200 Å². The fraction of sp³-hybridized carbons (Fsp3) is 0.310. The van der Waals surface area contributed by atoms with Crippen molar-refractivity contribution in [3.05, 3.63) is 102 Å². The number of benzene rings is 2. The van der Waals surface area contributed by atoms with Crippen LogP contribution in [0.3, 0.4) is 0 Å². The van der Waals surface area contributed by atoms with Crippen LogP contribution >= 0.6 is 0 Å². The Morgan fingerprint density at radius 3 is 2.29 bits per heavy atom. The van der Waals surface area contributed by atoms with E-state index in [-0.39, 0.29) is 28.7 Å². The maximum atomic E-state index is 15.0. The van der Waals surface area contributed by atoms with Crippen LogP contribution in [0, 0.1) is 17.6 Å². The monoisotopic (exact) mass is 468 g/mol. The van der Waals surface area contributed by atoms with Crippen molar-refractivity contribution in [2.75, 3.05) is 13.7 Å². The van der Waals surface area contributed by atoms with Crippen molar-refractivity contribution in [3.8, 4) is 16.9 Å². The number of ether oxygens (including phenoxy) is 2. The number of halogens is 3. The summed E-state index contributed by atoms with van der Waals surface area (Å²) in [5, 5.41) is 0. The van der Waals surface area contributed by atoms with E-state index in [1.807, 2.05) is 6.08 Å². The molecule has 0 amide bonds. The van der Waals surface area contributed by atoms with E-state index in [1.165, 1.54) is 6.08 Å². The van der Waals surface area contributed by atoms with Gasteiger partial charge in [-0.2, -0.15) is 0 Å². The molecule has 180 valence electrons. The Kier molecular flexibility index (Phi) is 8.80. The Balaban J connectivity index is 1.62. The molecule has 0 radical (unpaired) electrons. The molecule has 0 aromatic heterocycles. The molecule has 0 heterocycles. The smallest absolute Gasteiger partial charge is 0.166 e. The summed E-state index contributed by atoms with van der Waals surface area (Å²) in [5.74, 6) is -0.981. The summed E-state index contributed by atoms with van der Waals surface area (Å²) >= 11 is 0. The molecule has 5 heteroatoms. The van der Waals surface area contributed by atoms with Gasteiger partial charge in [-0.3, -0.25) is 0 Å². The van der Waals surface area contributed by atoms with Gasteiger partial charge >= 0.3 is 0 Å². The van der Waals surface area contributed by atoms with Gasteiger partial charge in [0, 0.05) is 17.2 Å². The number of allylic oxidation sites excluding steroid dienone is 5. The molecule has 0 aliphatic heterocycles. The van der Waals surface area contributed by atoms with Gasteiger partial charge in [0.15, 0.2) is 11.6 Å². The van der Waals surface area contributed by atoms with Crippen LogP contribution in [-0.4, -0.2) is 13.7 Å². The lowest BCUT2D eigenvalue weighted by atomic mass is 9.78. The van der Waals surface area contributed by atoms with E-state index in [9.17, 15) is 13.2 Å². The van der Waals surface area contributed by atoms with Gasteiger partial charge in [-0.15, -0.1) is 0 Å². The first-order valence-electron chi connectivity index (χ1n) is 11.5. The summed E-state index contributed by atoms with van der Waals surface area (Å²) in [4.78, 5) is 0. The van der Waals surface area contributed by atoms with Gasteiger partial charge in [0.25, 0.3) is 0 Å². The predicted molar refractivity (Wildman–Crippen MR) is 131 cm³/mol. The van der Waals surface area contributed by atoms with E-state index in [0.29, 0.717) is 23.5 Å². The van der Waals surface area contributed by atoms with Crippen molar-refractivity contribution in [1.82, 2.24) is 0 Å². The molecule has 0 bridgehead atoms. The maximum Gasteiger partial charge on any atom is 0.166 e. The van der Waals surface area contributed by atoms with Gasteiger partial charge in [-0.05, 0) is 67.7 Å². The minimum atomic E-state index is -0.822. The zero-order valence-electron chi connectivity index (χ0n) is 19.8. The summed E-state index contributed by atoms with van der Waals surface area (Å²) in [6.07, 6.45) is 7.93. The van der Waals surface area contributed by atoms with E-state index in [0.717, 1.165) is 25.7 Å². The van der Waals surface area contributed by atoms with E-state index < -0.39 is 17.5 Å². The van der Waals surface area contributed by atoms with Crippen molar-refractivity contribution in [3.63, 3.8) is 0 Å². The molecule has 1 fully saturated rings. The first-order chi connectivity index (χ1) is 16.3. The highest BCUT2D eigenvalue weighted by Crippen LogP contribution is 2.39. The second kappa shape index (κ2) is 11.8. The van der Waals surface area contributed by atoms with Crippen molar-refractivity contribution in [2.45, 2.75) is 38.5 Å². The molecule has 2 nitrogen and oxygen atoms in total. The summed E-state index contributed by atoms with van der Waals surface area (Å²) in [7, 11) is 1.56. The lowest BCUT2D eigenvalue weighted by Crippen LogP contribution is -2.13. The molecule has 34 heavy (non-hydrogen) atoms. The molecule has 0 saturated heterocycles. The average molecular weight is 469 g/mol. The quantitative estimate of drug-likeness (QED) is 0.272. The van der Waals surface area contributed by atoms with Crippen LogP contribution in [0.2, 0.25) is 0 Å². The SMILES string of the molecule is C=C(/C=C(/F)C(=C)/C=C/C1CCC(c2ccc(-c3ccc(OC)cc3)c(F)c2F)CC1)OCC. The van der Waals surface area contributed by atoms with E-state index >= 15 is 0 Å². The number of hydrogen-bond acceptors (Lipinski definition) is 2. The third-order valence-electron chi connectivity index (χ3n) is 6.22. The third kappa shape index (κ3) is 6.22. The first kappa shape index (κ1) is 25.4. The average Bonchev–Trinajstić information content (AvgIpc) is 2.85. The Morgan fingerprint density at radius 1 is 1.00 bits per heavy atom. The minimum absolute atomic E-state index is 0.0431. The van der Waals surface area contributed by atoms with Gasteiger partial charge in [0.05, 0.1) is 13.7 Å². The van der Waals surface area contributed by atoms with Crippen LogP contribution in [0.15, 0.2) is 84.9 Å². The molecule has 2 aromatic carbocycles. The Bertz CT molecular complexity index is 1080. The van der Waals surface area contributed by atoms with Crippen molar-refractivity contribution < 1.29 is 22.6 Å². The molecule has 0 unspecified atom stereocenters. The molecule has 3 rings (SSSR count). The third-order valence-corrected chi connectivity index (χ3v) is 6.22. The first-order valence-corrected chi connectivity index (χ1v) is 11.5. The number of rotatable bonds is 9. The van der Waals surface area contributed by atoms with Crippen molar-refractivity contribution in [2.24, 2.45) is 5.92 Å². The van der Waals surface area contributed by atoms with Crippen LogP contribution in [0.25, 0.3) is 11.1 Å². The second-order valence-electron chi connectivity index (χ2n) is 8.45. The predicted octanol–water partition coefficient (Wildman–Crippen LogP) is 8.43. The highest BCUT2D eigenvalue weighted by molar-refractivity contribution is 5.65. The molecular weight excluding hydrogens is 437 g/mol. The standard InChI is InChI=1S/C29H31F3O2/c1-5-34-20(3)18-27(30)19(2)6-7-21-8-10-22(11-9-21)25-16-17-26(29(32)28(25)31)23-12-14-24(33-4)15-13-23/h6-7,12-18,21-22H,2-3,5,8-11H2,1,4H3/b7-6+,27-18+. The van der Waals surface area contributed by atoms with Crippen LogP contribution in [-0.2, 0) is 4.74 Å². The second-order valence-corrected chi connectivity index (χ2v) is 8.45.